The van der Waals surface area contributed by atoms with E-state index in [4.69, 9.17) is 5.11 Å². The molecule has 8 heteroatoms. The third-order valence-electron chi connectivity index (χ3n) is 2.75. The molecule has 0 unspecified atom stereocenters. The number of benzene rings is 1. The fourth-order valence-corrected chi connectivity index (χ4v) is 2.32. The zero-order valence-electron chi connectivity index (χ0n) is 12.0. The zero-order chi connectivity index (χ0) is 15.9. The van der Waals surface area contributed by atoms with Gasteiger partial charge in [0.1, 0.15) is 0 Å². The fourth-order valence-electron chi connectivity index (χ4n) is 1.75. The first-order chi connectivity index (χ1) is 10.6. The van der Waals surface area contributed by atoms with Gasteiger partial charge >= 0.3 is 5.97 Å². The molecule has 0 radical (unpaired) electrons. The summed E-state index contributed by atoms with van der Waals surface area (Å²) in [5, 5.41) is 19.0. The number of rotatable bonds is 7. The number of amides is 1. The van der Waals surface area contributed by atoms with Gasteiger partial charge in [0, 0.05) is 12.3 Å². The number of aromatic nitrogens is 3. The van der Waals surface area contributed by atoms with Gasteiger partial charge in [-0.3, -0.25) is 9.59 Å². The van der Waals surface area contributed by atoms with Crippen LogP contribution < -0.4 is 5.32 Å². The van der Waals surface area contributed by atoms with Crippen LogP contribution >= 0.6 is 11.8 Å². The maximum Gasteiger partial charge on any atom is 0.313 e. The van der Waals surface area contributed by atoms with Gasteiger partial charge in [-0.05, 0) is 24.6 Å². The number of hydrogen-bond acceptors (Lipinski definition) is 5. The zero-order valence-corrected chi connectivity index (χ0v) is 12.8. The van der Waals surface area contributed by atoms with Gasteiger partial charge in [-0.25, -0.2) is 4.68 Å². The predicted octanol–water partition coefficient (Wildman–Crippen LogP) is 1.12. The molecule has 0 saturated carbocycles. The SMILES string of the molecule is Cc1cccc(-n2cc(C(=O)NCCSCC(=O)O)nn2)c1. The lowest BCUT2D eigenvalue weighted by molar-refractivity contribution is -0.133. The molecule has 0 bridgehead atoms. The van der Waals surface area contributed by atoms with E-state index in [1.807, 2.05) is 31.2 Å². The van der Waals surface area contributed by atoms with Crippen molar-refractivity contribution in [1.82, 2.24) is 20.3 Å². The van der Waals surface area contributed by atoms with E-state index < -0.39 is 5.97 Å². The Labute approximate surface area is 131 Å². The van der Waals surface area contributed by atoms with E-state index in [2.05, 4.69) is 15.6 Å². The number of hydrogen-bond donors (Lipinski definition) is 2. The highest BCUT2D eigenvalue weighted by Gasteiger charge is 2.11. The minimum atomic E-state index is -0.863. The highest BCUT2D eigenvalue weighted by Crippen LogP contribution is 2.09. The lowest BCUT2D eigenvalue weighted by Crippen LogP contribution is -2.26. The second kappa shape index (κ2) is 7.60. The molecule has 1 aromatic carbocycles. The highest BCUT2D eigenvalue weighted by molar-refractivity contribution is 7.99. The summed E-state index contributed by atoms with van der Waals surface area (Å²) in [4.78, 5) is 22.3. The summed E-state index contributed by atoms with van der Waals surface area (Å²) in [5.41, 5.74) is 2.16. The Hall–Kier alpha value is -2.35. The molecular formula is C14H16N4O3S. The van der Waals surface area contributed by atoms with Crippen molar-refractivity contribution in [3.05, 3.63) is 41.7 Å². The minimum absolute atomic E-state index is 0.0272. The second-order valence-electron chi connectivity index (χ2n) is 4.59. The molecule has 0 spiro atoms. The van der Waals surface area contributed by atoms with Crippen LogP contribution in [0.25, 0.3) is 5.69 Å². The molecule has 0 saturated heterocycles. The van der Waals surface area contributed by atoms with E-state index >= 15 is 0 Å². The van der Waals surface area contributed by atoms with Gasteiger partial charge in [0.15, 0.2) is 5.69 Å². The average molecular weight is 320 g/mol. The largest absolute Gasteiger partial charge is 0.481 e. The average Bonchev–Trinajstić information content (AvgIpc) is 2.96. The van der Waals surface area contributed by atoms with E-state index in [0.717, 1.165) is 11.3 Å². The summed E-state index contributed by atoms with van der Waals surface area (Å²) >= 11 is 1.25. The molecule has 0 aliphatic heterocycles. The monoisotopic (exact) mass is 320 g/mol. The van der Waals surface area contributed by atoms with Gasteiger partial charge in [0.05, 0.1) is 17.6 Å². The van der Waals surface area contributed by atoms with Crippen LogP contribution in [0.4, 0.5) is 0 Å². The number of aliphatic carboxylic acids is 1. The molecule has 2 N–H and O–H groups in total. The van der Waals surface area contributed by atoms with Crippen LogP contribution in [0.3, 0.4) is 0 Å². The lowest BCUT2D eigenvalue weighted by Gasteiger charge is -2.02. The van der Waals surface area contributed by atoms with Crippen molar-refractivity contribution >= 4 is 23.6 Å². The van der Waals surface area contributed by atoms with Crippen LogP contribution in [-0.4, -0.2) is 50.0 Å². The van der Waals surface area contributed by atoms with Crippen LogP contribution in [0.1, 0.15) is 16.1 Å². The van der Waals surface area contributed by atoms with Gasteiger partial charge in [0.2, 0.25) is 0 Å². The van der Waals surface area contributed by atoms with Crippen LogP contribution in [0.5, 0.6) is 0 Å². The van der Waals surface area contributed by atoms with Gasteiger partial charge in [-0.1, -0.05) is 17.3 Å². The predicted molar refractivity (Wildman–Crippen MR) is 83.4 cm³/mol. The third-order valence-corrected chi connectivity index (χ3v) is 3.69. The normalized spacial score (nSPS) is 10.4. The number of carbonyl (C=O) groups is 2. The number of thioether (sulfide) groups is 1. The Bertz CT molecular complexity index is 672. The molecule has 2 rings (SSSR count). The number of aryl methyl sites for hydroxylation is 1. The maximum atomic E-state index is 11.9. The molecule has 0 aliphatic carbocycles. The molecule has 22 heavy (non-hydrogen) atoms. The van der Waals surface area contributed by atoms with E-state index in [1.54, 1.807) is 10.9 Å². The van der Waals surface area contributed by atoms with E-state index in [1.165, 1.54) is 11.8 Å². The summed E-state index contributed by atoms with van der Waals surface area (Å²) in [7, 11) is 0. The molecule has 116 valence electrons. The Morgan fingerprint density at radius 2 is 2.23 bits per heavy atom. The first-order valence-electron chi connectivity index (χ1n) is 6.63. The molecule has 1 amide bonds. The summed E-state index contributed by atoms with van der Waals surface area (Å²) in [5.74, 6) is -0.629. The van der Waals surface area contributed by atoms with Gasteiger partial charge in [-0.2, -0.15) is 0 Å². The fraction of sp³-hybridized carbons (Fsp3) is 0.286. The molecule has 0 atom stereocenters. The van der Waals surface area contributed by atoms with E-state index in [9.17, 15) is 9.59 Å². The molecule has 1 heterocycles. The van der Waals surface area contributed by atoms with Crippen LogP contribution in [0, 0.1) is 6.92 Å². The summed E-state index contributed by atoms with van der Waals surface area (Å²) in [6, 6.07) is 7.71. The van der Waals surface area contributed by atoms with Gasteiger partial charge in [0.25, 0.3) is 5.91 Å². The molecule has 2 aromatic rings. The number of carboxylic acid groups (broad SMARTS) is 1. The Morgan fingerprint density at radius 3 is 2.95 bits per heavy atom. The Morgan fingerprint density at radius 1 is 1.41 bits per heavy atom. The van der Waals surface area contributed by atoms with Crippen molar-refractivity contribution in [3.63, 3.8) is 0 Å². The van der Waals surface area contributed by atoms with Crippen molar-refractivity contribution in [2.75, 3.05) is 18.1 Å². The Kier molecular flexibility index (Phi) is 5.54. The smallest absolute Gasteiger partial charge is 0.313 e. The van der Waals surface area contributed by atoms with Gasteiger partial charge < -0.3 is 10.4 Å². The standard InChI is InChI=1S/C14H16N4O3S/c1-10-3-2-4-11(7-10)18-8-12(16-17-18)14(21)15-5-6-22-9-13(19)20/h2-4,7-8H,5-6,9H2,1H3,(H,15,21)(H,19,20). The van der Waals surface area contributed by atoms with Crippen molar-refractivity contribution in [1.29, 1.82) is 0 Å². The Balaban J connectivity index is 1.88. The first kappa shape index (κ1) is 16.0. The third kappa shape index (κ3) is 4.59. The lowest BCUT2D eigenvalue weighted by atomic mass is 10.2. The van der Waals surface area contributed by atoms with Crippen molar-refractivity contribution in [3.8, 4) is 5.69 Å². The topological polar surface area (TPSA) is 97.1 Å². The molecule has 0 aliphatic rings. The molecule has 0 fully saturated rings. The van der Waals surface area contributed by atoms with Crippen LogP contribution in [-0.2, 0) is 4.79 Å². The highest BCUT2D eigenvalue weighted by atomic mass is 32.2. The van der Waals surface area contributed by atoms with Crippen molar-refractivity contribution < 1.29 is 14.7 Å². The van der Waals surface area contributed by atoms with Crippen LogP contribution in [0.15, 0.2) is 30.5 Å². The van der Waals surface area contributed by atoms with E-state index in [-0.39, 0.29) is 17.4 Å². The quantitative estimate of drug-likeness (QED) is 0.742. The molecule has 7 nitrogen and oxygen atoms in total. The minimum Gasteiger partial charge on any atom is -0.481 e. The van der Waals surface area contributed by atoms with E-state index in [0.29, 0.717) is 12.3 Å². The molecule has 1 aromatic heterocycles. The van der Waals surface area contributed by atoms with Crippen molar-refractivity contribution in [2.45, 2.75) is 6.92 Å². The second-order valence-corrected chi connectivity index (χ2v) is 5.69. The molecular weight excluding hydrogens is 304 g/mol. The number of nitrogens with zero attached hydrogens (tertiary/aromatic N) is 3. The van der Waals surface area contributed by atoms with Gasteiger partial charge in [-0.15, -0.1) is 16.9 Å². The number of carboxylic acids is 1. The summed E-state index contributed by atoms with van der Waals surface area (Å²) < 4.78 is 1.54. The summed E-state index contributed by atoms with van der Waals surface area (Å²) in [6.07, 6.45) is 1.56. The number of carbonyl (C=O) groups excluding carboxylic acids is 1. The maximum absolute atomic E-state index is 11.9. The first-order valence-corrected chi connectivity index (χ1v) is 7.79. The summed E-state index contributed by atoms with van der Waals surface area (Å²) in [6.45, 7) is 2.36. The van der Waals surface area contributed by atoms with Crippen molar-refractivity contribution in [2.24, 2.45) is 0 Å². The van der Waals surface area contributed by atoms with Crippen LogP contribution in [0.2, 0.25) is 0 Å². The number of nitrogens with one attached hydrogen (secondary N) is 1.